The zero-order valence-electron chi connectivity index (χ0n) is 11.2. The van der Waals surface area contributed by atoms with Crippen LogP contribution in [0.1, 0.15) is 4.28 Å². The van der Waals surface area contributed by atoms with Crippen LogP contribution in [0.2, 0.25) is 0 Å². The SMILES string of the molecule is O.O.O.O.O.O.O=COP=O.[H-].[H-].[H-].[Na+].[Na+].[Na+]. The Balaban J connectivity index is -0.00000000121. The molecule has 0 saturated carbocycles. The summed E-state index contributed by atoms with van der Waals surface area (Å²) in [4.78, 5) is 8.98. The summed E-state index contributed by atoms with van der Waals surface area (Å²) in [5.74, 6) is 0. The summed E-state index contributed by atoms with van der Waals surface area (Å²) in [7, 11) is -0.588. The fourth-order valence-electron chi connectivity index (χ4n) is 0.0176. The average Bonchev–Trinajstić information content (AvgIpc) is 1.41. The normalized spacial score (nSPS) is 2.57. The van der Waals surface area contributed by atoms with E-state index in [4.69, 9.17) is 9.36 Å². The quantitative estimate of drug-likeness (QED) is 0.270. The number of carbonyl (C=O) groups excluding carboxylic acids is 1. The van der Waals surface area contributed by atoms with Crippen molar-refractivity contribution in [3.05, 3.63) is 0 Å². The van der Waals surface area contributed by atoms with E-state index in [-0.39, 0.29) is 132 Å². The number of rotatable bonds is 2. The van der Waals surface area contributed by atoms with Gasteiger partial charge in [0.25, 0.3) is 0 Å². The molecule has 0 spiro atoms. The average molecular weight is 272 g/mol. The van der Waals surface area contributed by atoms with E-state index in [2.05, 4.69) is 4.52 Å². The first-order valence-corrected chi connectivity index (χ1v) is 1.57. The molecule has 0 aliphatic carbocycles. The van der Waals surface area contributed by atoms with Gasteiger partial charge in [0.15, 0.2) is 0 Å². The Kier molecular flexibility index (Phi) is 758. The fourth-order valence-corrected chi connectivity index (χ4v) is 0.0527. The topological polar surface area (TPSA) is 232 Å². The van der Waals surface area contributed by atoms with Crippen LogP contribution in [0.5, 0.6) is 0 Å². The van der Waals surface area contributed by atoms with Crippen LogP contribution >= 0.6 is 8.69 Å². The summed E-state index contributed by atoms with van der Waals surface area (Å²) in [6.07, 6.45) is 0. The Morgan fingerprint density at radius 1 is 0.857 bits per heavy atom. The van der Waals surface area contributed by atoms with Gasteiger partial charge >= 0.3 is 104 Å². The van der Waals surface area contributed by atoms with E-state index in [1.54, 1.807) is 0 Å². The first-order valence-electron chi connectivity index (χ1n) is 0.837. The first kappa shape index (κ1) is 95.8. The minimum atomic E-state index is -0.588. The minimum absolute atomic E-state index is 0. The van der Waals surface area contributed by atoms with Crippen LogP contribution in [0.25, 0.3) is 0 Å². The second kappa shape index (κ2) is 111. The molecule has 0 aromatic rings. The van der Waals surface area contributed by atoms with Crippen molar-refractivity contribution < 1.29 is 140 Å². The Hall–Kier alpha value is 2.33. The van der Waals surface area contributed by atoms with Crippen LogP contribution in [-0.2, 0) is 13.9 Å². The zero-order valence-corrected chi connectivity index (χ0v) is 15.1. The summed E-state index contributed by atoms with van der Waals surface area (Å²) >= 11 is 0. The van der Waals surface area contributed by atoms with Gasteiger partial charge in [-0.3, -0.25) is 4.79 Å². The van der Waals surface area contributed by atoms with E-state index in [1.807, 2.05) is 0 Å². The molecule has 82 valence electrons. The molecule has 0 rings (SSSR count). The van der Waals surface area contributed by atoms with Crippen LogP contribution in [0.15, 0.2) is 0 Å². The van der Waals surface area contributed by atoms with E-state index < -0.39 is 8.69 Å². The molecule has 0 aliphatic heterocycles. The third kappa shape index (κ3) is 136. The van der Waals surface area contributed by atoms with E-state index in [0.29, 0.717) is 0 Å². The van der Waals surface area contributed by atoms with Crippen molar-refractivity contribution in [3.8, 4) is 0 Å². The predicted molar refractivity (Wildman–Crippen MR) is 39.8 cm³/mol. The number of carbonyl (C=O) groups is 1. The van der Waals surface area contributed by atoms with Crippen molar-refractivity contribution in [2.24, 2.45) is 0 Å². The Labute approximate surface area is 153 Å². The van der Waals surface area contributed by atoms with Gasteiger partial charge in [-0.1, -0.05) is 0 Å². The van der Waals surface area contributed by atoms with Crippen molar-refractivity contribution in [3.63, 3.8) is 0 Å². The molecule has 0 aliphatic rings. The summed E-state index contributed by atoms with van der Waals surface area (Å²) in [5, 5.41) is 0. The van der Waals surface area contributed by atoms with Crippen molar-refractivity contribution in [2.75, 3.05) is 0 Å². The molecule has 0 bridgehead atoms. The molecule has 0 saturated heterocycles. The Bertz CT molecular complexity index is 60.8. The summed E-state index contributed by atoms with van der Waals surface area (Å²) in [5.41, 5.74) is 0. The van der Waals surface area contributed by atoms with Crippen molar-refractivity contribution >= 4 is 15.2 Å². The van der Waals surface area contributed by atoms with Gasteiger partial charge < -0.3 is 41.7 Å². The van der Waals surface area contributed by atoms with Gasteiger partial charge in [0.1, 0.15) is 0 Å². The smallest absolute Gasteiger partial charge is 1.00 e. The molecular weight excluding hydrogens is 256 g/mol. The molecule has 14 heavy (non-hydrogen) atoms. The molecule has 0 radical (unpaired) electrons. The van der Waals surface area contributed by atoms with E-state index in [9.17, 15) is 0 Å². The molecule has 12 N–H and O–H groups in total. The van der Waals surface area contributed by atoms with Gasteiger partial charge in [-0.25, -0.2) is 4.57 Å². The standard InChI is InChI=1S/CHO3P.3Na.6H2O.3H/c2-1-4-5-3;;;;;;;;;;;;/h1H;;;;6*1H2;;;/q;3*+1;;;;;;;3*-1. The third-order valence-corrected chi connectivity index (χ3v) is 0.258. The summed E-state index contributed by atoms with van der Waals surface area (Å²) < 4.78 is 12.6. The molecule has 9 nitrogen and oxygen atoms in total. The van der Waals surface area contributed by atoms with Crippen LogP contribution in [-0.4, -0.2) is 39.3 Å². The van der Waals surface area contributed by atoms with Crippen LogP contribution < -0.4 is 88.7 Å². The molecule has 0 aromatic carbocycles. The molecule has 0 aromatic heterocycles. The molecule has 0 amide bonds. The second-order valence-corrected chi connectivity index (χ2v) is 0.636. The maximum atomic E-state index is 9.05. The Morgan fingerprint density at radius 2 is 1.07 bits per heavy atom. The van der Waals surface area contributed by atoms with E-state index >= 15 is 0 Å². The van der Waals surface area contributed by atoms with Crippen LogP contribution in [0, 0.1) is 0 Å². The van der Waals surface area contributed by atoms with Gasteiger partial charge in [0.05, 0.1) is 0 Å². The number of hydrogen-bond donors (Lipinski definition) is 0. The Morgan fingerprint density at radius 3 is 1.07 bits per heavy atom. The third-order valence-electron chi connectivity index (χ3n) is 0.0861. The second-order valence-electron chi connectivity index (χ2n) is 0.276. The van der Waals surface area contributed by atoms with Crippen molar-refractivity contribution in [1.29, 1.82) is 0 Å². The van der Waals surface area contributed by atoms with E-state index in [0.717, 1.165) is 0 Å². The minimum Gasteiger partial charge on any atom is -1.00 e. The van der Waals surface area contributed by atoms with Crippen molar-refractivity contribution in [2.45, 2.75) is 0 Å². The molecule has 0 atom stereocenters. The summed E-state index contributed by atoms with van der Waals surface area (Å²) in [6, 6.07) is 0. The molecular formula is CH16Na3O9P. The van der Waals surface area contributed by atoms with Crippen molar-refractivity contribution in [1.82, 2.24) is 0 Å². The zero-order chi connectivity index (χ0) is 4.12. The van der Waals surface area contributed by atoms with Gasteiger partial charge in [0, 0.05) is 0 Å². The molecule has 0 fully saturated rings. The maximum Gasteiger partial charge on any atom is 1.00 e. The maximum absolute atomic E-state index is 9.05. The van der Waals surface area contributed by atoms with Gasteiger partial charge in [-0.15, -0.1) is 0 Å². The van der Waals surface area contributed by atoms with Gasteiger partial charge in [0.2, 0.25) is 0 Å². The molecule has 13 heteroatoms. The fraction of sp³-hybridized carbons (Fsp3) is 0. The monoisotopic (exact) mass is 272 g/mol. The summed E-state index contributed by atoms with van der Waals surface area (Å²) in [6.45, 7) is 0.106. The van der Waals surface area contributed by atoms with Gasteiger partial charge in [-0.2, -0.15) is 0 Å². The largest absolute Gasteiger partial charge is 1.00 e. The van der Waals surface area contributed by atoms with Gasteiger partial charge in [-0.05, 0) is 0 Å². The van der Waals surface area contributed by atoms with Crippen LogP contribution in [0.3, 0.4) is 0 Å². The first-order chi connectivity index (χ1) is 2.41. The predicted octanol–water partition coefficient (Wildman–Crippen LogP) is -13.2. The van der Waals surface area contributed by atoms with E-state index in [1.165, 1.54) is 0 Å². The molecule has 0 heterocycles. The number of hydrogen-bond acceptors (Lipinski definition) is 3. The molecule has 0 unspecified atom stereocenters. The van der Waals surface area contributed by atoms with Crippen LogP contribution in [0.4, 0.5) is 0 Å².